The van der Waals surface area contributed by atoms with Crippen LogP contribution in [-0.2, 0) is 4.79 Å². The van der Waals surface area contributed by atoms with E-state index in [-0.39, 0.29) is 17.4 Å². The Kier molecular flexibility index (Phi) is 2.86. The molecule has 19 heavy (non-hydrogen) atoms. The highest BCUT2D eigenvalue weighted by Gasteiger charge is 2.57. The molecule has 0 aromatic carbocycles. The molecule has 1 amide bonds. The minimum atomic E-state index is -0.420. The SMILES string of the molecule is CC(C)C1([C@H](N)C(=O)N2C(C#N)C[C@@H]3C[C@@H]32)CCC1. The third-order valence-corrected chi connectivity index (χ3v) is 5.83. The van der Waals surface area contributed by atoms with Crippen molar-refractivity contribution < 1.29 is 4.79 Å². The number of carbonyl (C=O) groups excluding carboxylic acids is 1. The van der Waals surface area contributed by atoms with E-state index in [1.165, 1.54) is 6.42 Å². The number of amides is 1. The van der Waals surface area contributed by atoms with Gasteiger partial charge in [0.2, 0.25) is 5.91 Å². The monoisotopic (exact) mass is 261 g/mol. The first-order valence-corrected chi connectivity index (χ1v) is 7.48. The lowest BCUT2D eigenvalue weighted by atomic mass is 9.58. The highest BCUT2D eigenvalue weighted by Crippen LogP contribution is 2.52. The summed E-state index contributed by atoms with van der Waals surface area (Å²) in [6.45, 7) is 4.33. The maximum atomic E-state index is 12.7. The van der Waals surface area contributed by atoms with Gasteiger partial charge in [0.05, 0.1) is 12.1 Å². The number of rotatable bonds is 3. The van der Waals surface area contributed by atoms with Crippen molar-refractivity contribution >= 4 is 5.91 Å². The molecule has 4 nitrogen and oxygen atoms in total. The van der Waals surface area contributed by atoms with Crippen LogP contribution in [0.4, 0.5) is 0 Å². The summed E-state index contributed by atoms with van der Waals surface area (Å²) >= 11 is 0. The van der Waals surface area contributed by atoms with Gasteiger partial charge < -0.3 is 10.6 Å². The molecule has 1 saturated heterocycles. The molecule has 0 radical (unpaired) electrons. The Labute approximate surface area is 114 Å². The molecule has 3 aliphatic rings. The molecule has 2 N–H and O–H groups in total. The highest BCUT2D eigenvalue weighted by molar-refractivity contribution is 5.84. The zero-order chi connectivity index (χ0) is 13.8. The predicted octanol–water partition coefficient (Wildman–Crippen LogP) is 1.65. The molecule has 0 bridgehead atoms. The van der Waals surface area contributed by atoms with Crippen molar-refractivity contribution in [2.24, 2.45) is 23.0 Å². The van der Waals surface area contributed by atoms with E-state index in [0.717, 1.165) is 25.7 Å². The van der Waals surface area contributed by atoms with Crippen LogP contribution in [0.1, 0.15) is 46.0 Å². The summed E-state index contributed by atoms with van der Waals surface area (Å²) in [7, 11) is 0. The van der Waals surface area contributed by atoms with Crippen molar-refractivity contribution in [3.8, 4) is 6.07 Å². The summed E-state index contributed by atoms with van der Waals surface area (Å²) in [5.41, 5.74) is 6.31. The Balaban J connectivity index is 1.78. The van der Waals surface area contributed by atoms with Gasteiger partial charge in [0.1, 0.15) is 6.04 Å². The van der Waals surface area contributed by atoms with E-state index in [2.05, 4.69) is 19.9 Å². The molecule has 3 fully saturated rings. The van der Waals surface area contributed by atoms with Gasteiger partial charge in [-0.3, -0.25) is 4.79 Å². The van der Waals surface area contributed by atoms with Crippen molar-refractivity contribution in [3.05, 3.63) is 0 Å². The lowest BCUT2D eigenvalue weighted by Crippen LogP contribution is -2.59. The van der Waals surface area contributed by atoms with Crippen LogP contribution in [0.15, 0.2) is 0 Å². The van der Waals surface area contributed by atoms with Crippen LogP contribution in [0.5, 0.6) is 0 Å². The van der Waals surface area contributed by atoms with E-state index in [0.29, 0.717) is 17.9 Å². The zero-order valence-electron chi connectivity index (χ0n) is 11.8. The molecule has 0 aromatic heterocycles. The summed E-state index contributed by atoms with van der Waals surface area (Å²) in [6, 6.07) is 1.94. The van der Waals surface area contributed by atoms with Crippen LogP contribution < -0.4 is 5.73 Å². The number of likely N-dealkylation sites (tertiary alicyclic amines) is 1. The summed E-state index contributed by atoms with van der Waals surface area (Å²) in [6.07, 6.45) is 5.21. The van der Waals surface area contributed by atoms with Gasteiger partial charge >= 0.3 is 0 Å². The number of fused-ring (bicyclic) bond motifs is 1. The number of piperidine rings is 1. The molecule has 2 aliphatic carbocycles. The minimum absolute atomic E-state index is 0.0237. The van der Waals surface area contributed by atoms with Gasteiger partial charge in [0.25, 0.3) is 0 Å². The second kappa shape index (κ2) is 4.21. The topological polar surface area (TPSA) is 70.1 Å². The number of hydrogen-bond donors (Lipinski definition) is 1. The number of nitrogens with two attached hydrogens (primary N) is 1. The van der Waals surface area contributed by atoms with E-state index in [9.17, 15) is 10.1 Å². The highest BCUT2D eigenvalue weighted by atomic mass is 16.2. The quantitative estimate of drug-likeness (QED) is 0.839. The maximum absolute atomic E-state index is 12.7. The van der Waals surface area contributed by atoms with Gasteiger partial charge in [0.15, 0.2) is 0 Å². The summed E-state index contributed by atoms with van der Waals surface area (Å²) in [5, 5.41) is 9.20. The minimum Gasteiger partial charge on any atom is -0.322 e. The number of carbonyl (C=O) groups is 1. The van der Waals surface area contributed by atoms with Gasteiger partial charge in [-0.1, -0.05) is 20.3 Å². The van der Waals surface area contributed by atoms with Crippen molar-refractivity contribution in [3.63, 3.8) is 0 Å². The molecule has 1 unspecified atom stereocenters. The number of nitrogens with zero attached hydrogens (tertiary/aromatic N) is 2. The Morgan fingerprint density at radius 2 is 2.11 bits per heavy atom. The zero-order valence-corrected chi connectivity index (χ0v) is 11.8. The van der Waals surface area contributed by atoms with E-state index in [1.807, 2.05) is 4.90 Å². The molecule has 2 saturated carbocycles. The molecular weight excluding hydrogens is 238 g/mol. The average Bonchev–Trinajstić information content (AvgIpc) is 2.97. The van der Waals surface area contributed by atoms with Crippen LogP contribution in [0.2, 0.25) is 0 Å². The lowest BCUT2D eigenvalue weighted by Gasteiger charge is -2.50. The summed E-state index contributed by atoms with van der Waals surface area (Å²) < 4.78 is 0. The largest absolute Gasteiger partial charge is 0.322 e. The van der Waals surface area contributed by atoms with Crippen LogP contribution >= 0.6 is 0 Å². The van der Waals surface area contributed by atoms with Crippen molar-refractivity contribution in [2.45, 2.75) is 64.1 Å². The van der Waals surface area contributed by atoms with Crippen LogP contribution in [0.3, 0.4) is 0 Å². The van der Waals surface area contributed by atoms with Gasteiger partial charge in [-0.05, 0) is 42.9 Å². The summed E-state index contributed by atoms with van der Waals surface area (Å²) in [4.78, 5) is 14.6. The third kappa shape index (κ3) is 1.71. The molecule has 0 spiro atoms. The van der Waals surface area contributed by atoms with Gasteiger partial charge in [0, 0.05) is 6.04 Å². The predicted molar refractivity (Wildman–Crippen MR) is 71.9 cm³/mol. The molecule has 0 aromatic rings. The van der Waals surface area contributed by atoms with Gasteiger partial charge in [-0.25, -0.2) is 0 Å². The first kappa shape index (κ1) is 12.9. The second-order valence-electron chi connectivity index (χ2n) is 6.91. The third-order valence-electron chi connectivity index (χ3n) is 5.83. The van der Waals surface area contributed by atoms with E-state index < -0.39 is 6.04 Å². The van der Waals surface area contributed by atoms with Crippen molar-refractivity contribution in [2.75, 3.05) is 0 Å². The van der Waals surface area contributed by atoms with Crippen LogP contribution in [0, 0.1) is 28.6 Å². The second-order valence-corrected chi connectivity index (χ2v) is 6.91. The lowest BCUT2D eigenvalue weighted by molar-refractivity contribution is -0.140. The molecule has 1 aliphatic heterocycles. The van der Waals surface area contributed by atoms with Crippen LogP contribution in [0.25, 0.3) is 0 Å². The van der Waals surface area contributed by atoms with E-state index >= 15 is 0 Å². The van der Waals surface area contributed by atoms with Crippen molar-refractivity contribution in [1.29, 1.82) is 5.26 Å². The summed E-state index contributed by atoms with van der Waals surface area (Å²) in [5.74, 6) is 1.03. The first-order chi connectivity index (χ1) is 9.01. The fraction of sp³-hybridized carbons (Fsp3) is 0.867. The van der Waals surface area contributed by atoms with Gasteiger partial charge in [-0.15, -0.1) is 0 Å². The molecule has 4 atom stereocenters. The normalized spacial score (nSPS) is 36.4. The Morgan fingerprint density at radius 1 is 1.42 bits per heavy atom. The molecule has 1 heterocycles. The molecule has 3 rings (SSSR count). The average molecular weight is 261 g/mol. The Bertz CT molecular complexity index is 435. The van der Waals surface area contributed by atoms with E-state index in [1.54, 1.807) is 0 Å². The molecular formula is C15H23N3O. The van der Waals surface area contributed by atoms with Crippen molar-refractivity contribution in [1.82, 2.24) is 4.90 Å². The standard InChI is InChI=1S/C15H23N3O/c1-9(2)15(4-3-5-15)13(17)14(19)18-11(8-16)6-10-7-12(10)18/h9-13H,3-7,17H2,1-2H3/t10-,11?,12+,13-/m1/s1. The van der Waals surface area contributed by atoms with Gasteiger partial charge in [-0.2, -0.15) is 5.26 Å². The molecule has 4 heteroatoms. The smallest absolute Gasteiger partial charge is 0.241 e. The maximum Gasteiger partial charge on any atom is 0.241 e. The number of hydrogen-bond acceptors (Lipinski definition) is 3. The Morgan fingerprint density at radius 3 is 2.58 bits per heavy atom. The Hall–Kier alpha value is -1.08. The number of nitriles is 1. The fourth-order valence-electron chi connectivity index (χ4n) is 4.13. The van der Waals surface area contributed by atoms with Crippen LogP contribution in [-0.4, -0.2) is 28.9 Å². The molecule has 104 valence electrons. The first-order valence-electron chi connectivity index (χ1n) is 7.48. The fourth-order valence-corrected chi connectivity index (χ4v) is 4.13. The van der Waals surface area contributed by atoms with E-state index in [4.69, 9.17) is 5.73 Å².